The van der Waals surface area contributed by atoms with Crippen molar-refractivity contribution in [2.45, 2.75) is 12.6 Å². The summed E-state index contributed by atoms with van der Waals surface area (Å²) < 4.78 is 40.7. The minimum Gasteiger partial charge on any atom is -0.347 e. The van der Waals surface area contributed by atoms with Crippen LogP contribution < -0.4 is 5.32 Å². The van der Waals surface area contributed by atoms with Gasteiger partial charge >= 0.3 is 6.18 Å². The second-order valence-electron chi connectivity index (χ2n) is 7.76. The third kappa shape index (κ3) is 5.03. The number of fused-ring (bicyclic) bond motifs is 1. The Labute approximate surface area is 197 Å². The lowest BCUT2D eigenvalue weighted by atomic mass is 10.1. The summed E-state index contributed by atoms with van der Waals surface area (Å²) in [6.45, 7) is -1.35. The molecule has 1 N–H and O–H groups in total. The van der Waals surface area contributed by atoms with E-state index in [1.807, 2.05) is 34.1 Å². The van der Waals surface area contributed by atoms with Crippen LogP contribution in [0.3, 0.4) is 0 Å². The number of halogens is 3. The Bertz CT molecular complexity index is 1490. The lowest BCUT2D eigenvalue weighted by Crippen LogP contribution is -2.34. The molecule has 4 heterocycles. The molecule has 0 bridgehead atoms. The summed E-state index contributed by atoms with van der Waals surface area (Å²) >= 11 is 0. The number of benzene rings is 1. The molecule has 8 nitrogen and oxygen atoms in total. The van der Waals surface area contributed by atoms with Crippen LogP contribution in [-0.4, -0.2) is 47.5 Å². The molecule has 1 amide bonds. The molecular formula is C24H18F3N7O. The number of nitrogens with zero attached hydrogens (tertiary/aromatic N) is 6. The molecule has 176 valence electrons. The van der Waals surface area contributed by atoms with Gasteiger partial charge < -0.3 is 5.32 Å². The Hall–Kier alpha value is -4.54. The van der Waals surface area contributed by atoms with Gasteiger partial charge in [-0.2, -0.15) is 13.2 Å². The number of imidazole rings is 2. The molecule has 0 aliphatic rings. The highest BCUT2D eigenvalue weighted by Crippen LogP contribution is 2.25. The van der Waals surface area contributed by atoms with Crippen molar-refractivity contribution in [3.63, 3.8) is 0 Å². The van der Waals surface area contributed by atoms with Crippen molar-refractivity contribution in [1.29, 1.82) is 0 Å². The first-order valence-electron chi connectivity index (χ1n) is 10.6. The van der Waals surface area contributed by atoms with E-state index in [-0.39, 0.29) is 6.42 Å². The molecule has 5 rings (SSSR count). The van der Waals surface area contributed by atoms with E-state index in [1.54, 1.807) is 59.9 Å². The van der Waals surface area contributed by atoms with Crippen LogP contribution in [0.1, 0.15) is 5.56 Å². The van der Waals surface area contributed by atoms with Crippen LogP contribution in [0.4, 0.5) is 13.2 Å². The Kier molecular flexibility index (Phi) is 5.73. The second kappa shape index (κ2) is 9.01. The van der Waals surface area contributed by atoms with E-state index in [0.29, 0.717) is 22.9 Å². The highest BCUT2D eigenvalue weighted by atomic mass is 19.4. The third-order valence-electron chi connectivity index (χ3n) is 5.25. The van der Waals surface area contributed by atoms with E-state index in [9.17, 15) is 18.0 Å². The van der Waals surface area contributed by atoms with Crippen LogP contribution in [-0.2, 0) is 11.2 Å². The van der Waals surface area contributed by atoms with Gasteiger partial charge in [-0.15, -0.1) is 0 Å². The van der Waals surface area contributed by atoms with Gasteiger partial charge in [0, 0.05) is 35.9 Å². The highest BCUT2D eigenvalue weighted by Gasteiger charge is 2.27. The summed E-state index contributed by atoms with van der Waals surface area (Å²) in [5.41, 5.74) is 3.61. The van der Waals surface area contributed by atoms with Crippen molar-refractivity contribution in [2.24, 2.45) is 0 Å². The number of carbonyl (C=O) groups excluding carboxylic acids is 1. The maximum Gasteiger partial charge on any atom is 0.405 e. The second-order valence-corrected chi connectivity index (χ2v) is 7.76. The molecule has 35 heavy (non-hydrogen) atoms. The number of rotatable bonds is 6. The molecule has 0 atom stereocenters. The lowest BCUT2D eigenvalue weighted by Gasteiger charge is -2.09. The molecule has 0 fully saturated rings. The monoisotopic (exact) mass is 477 g/mol. The zero-order valence-corrected chi connectivity index (χ0v) is 18.1. The average Bonchev–Trinajstić information content (AvgIpc) is 3.53. The van der Waals surface area contributed by atoms with Crippen molar-refractivity contribution < 1.29 is 18.0 Å². The number of hydrogen-bond acceptors (Lipinski definition) is 5. The van der Waals surface area contributed by atoms with Crippen molar-refractivity contribution >= 4 is 11.6 Å². The summed E-state index contributed by atoms with van der Waals surface area (Å²) in [6.07, 6.45) is 5.75. The lowest BCUT2D eigenvalue weighted by molar-refractivity contribution is -0.138. The molecule has 1 aromatic carbocycles. The van der Waals surface area contributed by atoms with Crippen molar-refractivity contribution in [2.75, 3.05) is 6.54 Å². The van der Waals surface area contributed by atoms with Crippen LogP contribution in [0, 0.1) is 0 Å². The largest absolute Gasteiger partial charge is 0.405 e. The van der Waals surface area contributed by atoms with Gasteiger partial charge in [0.1, 0.15) is 24.3 Å². The molecule has 0 saturated carbocycles. The van der Waals surface area contributed by atoms with Crippen LogP contribution in [0.2, 0.25) is 0 Å². The van der Waals surface area contributed by atoms with Gasteiger partial charge in [-0.05, 0) is 29.8 Å². The number of pyridine rings is 1. The van der Waals surface area contributed by atoms with Crippen LogP contribution in [0.25, 0.3) is 34.1 Å². The number of carbonyl (C=O) groups is 1. The van der Waals surface area contributed by atoms with Gasteiger partial charge in [-0.3, -0.25) is 13.8 Å². The first kappa shape index (κ1) is 22.3. The Morgan fingerprint density at radius 3 is 2.69 bits per heavy atom. The Balaban J connectivity index is 1.39. The van der Waals surface area contributed by atoms with Crippen molar-refractivity contribution in [1.82, 2.24) is 34.2 Å². The SMILES string of the molecule is O=C(Cc1cccc(-c2cnc3cc(-c4nccc(-n5ccnc5)n4)ccn23)c1)NCC(F)(F)F. The fourth-order valence-electron chi connectivity index (χ4n) is 3.65. The first-order chi connectivity index (χ1) is 16.9. The van der Waals surface area contributed by atoms with E-state index in [1.165, 1.54) is 0 Å². The number of nitrogens with one attached hydrogen (secondary N) is 1. The topological polar surface area (TPSA) is 90.0 Å². The van der Waals surface area contributed by atoms with Crippen LogP contribution >= 0.6 is 0 Å². The van der Waals surface area contributed by atoms with Crippen molar-refractivity contribution in [3.05, 3.63) is 85.3 Å². The van der Waals surface area contributed by atoms with E-state index in [4.69, 9.17) is 0 Å². The minimum atomic E-state index is -4.45. The highest BCUT2D eigenvalue weighted by molar-refractivity contribution is 5.79. The number of amides is 1. The van der Waals surface area contributed by atoms with E-state index < -0.39 is 18.6 Å². The Morgan fingerprint density at radius 2 is 1.89 bits per heavy atom. The average molecular weight is 477 g/mol. The van der Waals surface area contributed by atoms with Crippen LogP contribution in [0.5, 0.6) is 0 Å². The van der Waals surface area contributed by atoms with E-state index in [2.05, 4.69) is 19.9 Å². The smallest absolute Gasteiger partial charge is 0.347 e. The summed E-state index contributed by atoms with van der Waals surface area (Å²) in [4.78, 5) is 29.4. The fraction of sp³-hybridized carbons (Fsp3) is 0.125. The van der Waals surface area contributed by atoms with Crippen molar-refractivity contribution in [3.8, 4) is 28.5 Å². The maximum atomic E-state index is 12.3. The zero-order chi connectivity index (χ0) is 24.4. The third-order valence-corrected chi connectivity index (χ3v) is 5.25. The van der Waals surface area contributed by atoms with Gasteiger partial charge in [0.05, 0.1) is 18.3 Å². The first-order valence-corrected chi connectivity index (χ1v) is 10.6. The van der Waals surface area contributed by atoms with Gasteiger partial charge in [0.25, 0.3) is 0 Å². The van der Waals surface area contributed by atoms with Gasteiger partial charge in [0.15, 0.2) is 5.82 Å². The molecule has 4 aromatic heterocycles. The predicted molar refractivity (Wildman–Crippen MR) is 122 cm³/mol. The summed E-state index contributed by atoms with van der Waals surface area (Å²) in [5, 5.41) is 1.89. The summed E-state index contributed by atoms with van der Waals surface area (Å²) in [7, 11) is 0. The standard InChI is InChI=1S/C24H18F3N7O/c25-24(26,27)14-31-22(35)11-16-2-1-3-17(10-16)19-13-30-21-12-18(5-8-34(19)21)23-29-6-4-20(32-23)33-9-7-28-15-33/h1-10,12-13,15H,11,14H2,(H,31,35). The minimum absolute atomic E-state index is 0.157. The molecule has 11 heteroatoms. The normalized spacial score (nSPS) is 11.6. The number of alkyl halides is 3. The number of aromatic nitrogens is 6. The number of hydrogen-bond donors (Lipinski definition) is 1. The quantitative estimate of drug-likeness (QED) is 0.401. The maximum absolute atomic E-state index is 12.3. The summed E-state index contributed by atoms with van der Waals surface area (Å²) in [5.74, 6) is 0.530. The Morgan fingerprint density at radius 1 is 1.00 bits per heavy atom. The fourth-order valence-corrected chi connectivity index (χ4v) is 3.65. The van der Waals surface area contributed by atoms with Gasteiger partial charge in [-0.1, -0.05) is 18.2 Å². The molecule has 0 radical (unpaired) electrons. The van der Waals surface area contributed by atoms with E-state index >= 15 is 0 Å². The zero-order valence-electron chi connectivity index (χ0n) is 18.1. The molecular weight excluding hydrogens is 459 g/mol. The molecule has 0 saturated heterocycles. The molecule has 5 aromatic rings. The molecule has 0 unspecified atom stereocenters. The van der Waals surface area contributed by atoms with Crippen LogP contribution in [0.15, 0.2) is 79.8 Å². The molecule has 0 aliphatic heterocycles. The molecule has 0 spiro atoms. The molecule has 0 aliphatic carbocycles. The van der Waals surface area contributed by atoms with E-state index in [0.717, 1.165) is 16.8 Å². The summed E-state index contributed by atoms with van der Waals surface area (Å²) in [6, 6.07) is 12.6. The predicted octanol–water partition coefficient (Wildman–Crippen LogP) is 3.87. The van der Waals surface area contributed by atoms with Gasteiger partial charge in [-0.25, -0.2) is 19.9 Å². The van der Waals surface area contributed by atoms with Gasteiger partial charge in [0.2, 0.25) is 5.91 Å².